The summed E-state index contributed by atoms with van der Waals surface area (Å²) in [4.78, 5) is 8.12. The monoisotopic (exact) mass is 1010 g/mol. The lowest BCUT2D eigenvalue weighted by atomic mass is 9.33. The summed E-state index contributed by atoms with van der Waals surface area (Å²) >= 11 is 0. The van der Waals surface area contributed by atoms with E-state index in [2.05, 4.69) is 243 Å². The van der Waals surface area contributed by atoms with Crippen molar-refractivity contribution in [3.05, 3.63) is 185 Å². The minimum Gasteiger partial charge on any atom is -0.454 e. The van der Waals surface area contributed by atoms with Gasteiger partial charge in [-0.2, -0.15) is 0 Å². The van der Waals surface area contributed by atoms with Gasteiger partial charge in [-0.3, -0.25) is 0 Å². The van der Waals surface area contributed by atoms with E-state index in [-0.39, 0.29) is 39.3 Å². The number of aryl methyl sites for hydroxylation is 1. The highest BCUT2D eigenvalue weighted by atomic mass is 16.3. The average molecular weight is 1010 g/mol. The lowest BCUT2D eigenvalue weighted by molar-refractivity contribution is 0.195. The van der Waals surface area contributed by atoms with Crippen molar-refractivity contribution in [3.8, 4) is 11.1 Å². The van der Waals surface area contributed by atoms with Gasteiger partial charge in [0.15, 0.2) is 5.58 Å². The summed E-state index contributed by atoms with van der Waals surface area (Å²) in [6, 6.07) is 59.2. The second kappa shape index (κ2) is 15.6. The Labute approximate surface area is 457 Å². The summed E-state index contributed by atoms with van der Waals surface area (Å²) in [6.07, 6.45) is 8.24. The van der Waals surface area contributed by atoms with Crippen LogP contribution in [0.4, 0.5) is 45.5 Å². The van der Waals surface area contributed by atoms with E-state index in [9.17, 15) is 0 Å². The lowest BCUT2D eigenvalue weighted by Crippen LogP contribution is -2.61. The summed E-state index contributed by atoms with van der Waals surface area (Å²) in [5, 5.41) is 2.28. The maximum Gasteiger partial charge on any atom is 0.252 e. The molecule has 15 rings (SSSR count). The summed E-state index contributed by atoms with van der Waals surface area (Å²) in [7, 11) is 0. The molecule has 9 aromatic rings. The highest BCUT2D eigenvalue weighted by Crippen LogP contribution is 2.62. The fourth-order valence-electron chi connectivity index (χ4n) is 16.9. The van der Waals surface area contributed by atoms with Crippen LogP contribution in [-0.2, 0) is 27.1 Å². The molecule has 1 aromatic heterocycles. The molecular weight excluding hydrogens is 934 g/mol. The topological polar surface area (TPSA) is 22.9 Å². The Morgan fingerprint density at radius 1 is 0.442 bits per heavy atom. The maximum absolute atomic E-state index is 7.10. The van der Waals surface area contributed by atoms with Gasteiger partial charge in [0.25, 0.3) is 6.71 Å². The highest BCUT2D eigenvalue weighted by molar-refractivity contribution is 7.00. The number of benzene rings is 8. The van der Waals surface area contributed by atoms with Crippen LogP contribution in [0.3, 0.4) is 0 Å². The number of anilines is 8. The quantitative estimate of drug-likeness (QED) is 0.164. The van der Waals surface area contributed by atoms with Crippen molar-refractivity contribution in [3.63, 3.8) is 0 Å². The van der Waals surface area contributed by atoms with Gasteiger partial charge in [-0.1, -0.05) is 166 Å². The van der Waals surface area contributed by atoms with Crippen molar-refractivity contribution < 1.29 is 4.42 Å². The van der Waals surface area contributed by atoms with E-state index in [4.69, 9.17) is 4.42 Å². The molecule has 3 aliphatic carbocycles. The third kappa shape index (κ3) is 6.35. The third-order valence-corrected chi connectivity index (χ3v) is 20.9. The molecule has 3 aliphatic heterocycles. The van der Waals surface area contributed by atoms with E-state index in [1.807, 2.05) is 0 Å². The number of hydrogen-bond donors (Lipinski definition) is 0. The van der Waals surface area contributed by atoms with Crippen LogP contribution in [0.1, 0.15) is 148 Å². The van der Waals surface area contributed by atoms with Gasteiger partial charge in [0, 0.05) is 55.9 Å². The first-order valence-electron chi connectivity index (χ1n) is 28.9. The number of fused-ring (bicyclic) bond motifs is 12. The van der Waals surface area contributed by atoms with Crippen molar-refractivity contribution in [2.24, 2.45) is 0 Å². The molecule has 0 bridgehead atoms. The Kier molecular flexibility index (Phi) is 9.58. The second-order valence-electron chi connectivity index (χ2n) is 27.4. The molecule has 77 heavy (non-hydrogen) atoms. The molecule has 0 saturated heterocycles. The van der Waals surface area contributed by atoms with Gasteiger partial charge in [0.1, 0.15) is 5.58 Å². The Morgan fingerprint density at radius 2 is 1.04 bits per heavy atom. The van der Waals surface area contributed by atoms with E-state index in [1.165, 1.54) is 120 Å². The van der Waals surface area contributed by atoms with Gasteiger partial charge in [-0.25, -0.2) is 0 Å². The maximum atomic E-state index is 7.10. The van der Waals surface area contributed by atoms with Gasteiger partial charge >= 0.3 is 0 Å². The number of furan rings is 1. The fraction of sp³-hybridized carbons (Fsp3) is 0.333. The van der Waals surface area contributed by atoms with Crippen molar-refractivity contribution in [2.75, 3.05) is 14.7 Å². The van der Waals surface area contributed by atoms with Crippen LogP contribution >= 0.6 is 0 Å². The summed E-state index contributed by atoms with van der Waals surface area (Å²) in [6.45, 7) is 27.2. The van der Waals surface area contributed by atoms with Crippen LogP contribution in [0.2, 0.25) is 0 Å². The summed E-state index contributed by atoms with van der Waals surface area (Å²) in [5.41, 5.74) is 27.0. The van der Waals surface area contributed by atoms with Crippen molar-refractivity contribution in [1.82, 2.24) is 0 Å². The Bertz CT molecular complexity index is 4010. The number of nitrogens with zero attached hydrogens (tertiary/aromatic N) is 3. The predicted octanol–water partition coefficient (Wildman–Crippen LogP) is 17.7. The Hall–Kier alpha value is -6.98. The normalized spacial score (nSPS) is 22.5. The zero-order chi connectivity index (χ0) is 52.9. The molecule has 1 saturated carbocycles. The van der Waals surface area contributed by atoms with E-state index in [0.717, 1.165) is 53.3 Å². The molecule has 4 nitrogen and oxygen atoms in total. The Morgan fingerprint density at radius 3 is 1.81 bits per heavy atom. The largest absolute Gasteiger partial charge is 0.454 e. The Balaban J connectivity index is 1.07. The minimum atomic E-state index is -0.0882. The van der Waals surface area contributed by atoms with Crippen LogP contribution in [0.25, 0.3) is 33.1 Å². The van der Waals surface area contributed by atoms with Gasteiger partial charge in [0.2, 0.25) is 0 Å². The zero-order valence-electron chi connectivity index (χ0n) is 47.2. The lowest BCUT2D eigenvalue weighted by Gasteiger charge is -2.50. The van der Waals surface area contributed by atoms with Crippen molar-refractivity contribution in [1.29, 1.82) is 0 Å². The molecule has 6 aliphatic rings. The molecule has 1 fully saturated rings. The van der Waals surface area contributed by atoms with Crippen LogP contribution < -0.4 is 31.1 Å². The van der Waals surface area contributed by atoms with Crippen LogP contribution in [0.5, 0.6) is 0 Å². The zero-order valence-corrected chi connectivity index (χ0v) is 47.2. The molecule has 0 radical (unpaired) electrons. The number of hydrogen-bond acceptors (Lipinski definition) is 4. The molecule has 0 amide bonds. The van der Waals surface area contributed by atoms with E-state index in [0.29, 0.717) is 0 Å². The van der Waals surface area contributed by atoms with E-state index >= 15 is 0 Å². The molecule has 0 N–H and O–H groups in total. The van der Waals surface area contributed by atoms with Crippen molar-refractivity contribution >= 4 is 90.5 Å². The molecule has 384 valence electrons. The molecule has 4 heterocycles. The predicted molar refractivity (Wildman–Crippen MR) is 327 cm³/mol. The van der Waals surface area contributed by atoms with Gasteiger partial charge in [-0.05, 0) is 184 Å². The summed E-state index contributed by atoms with van der Waals surface area (Å²) < 4.78 is 7.10. The average Bonchev–Trinajstić information content (AvgIpc) is 4.09. The third-order valence-electron chi connectivity index (χ3n) is 20.9. The molecule has 2 atom stereocenters. The molecule has 8 aromatic carbocycles. The number of para-hydroxylation sites is 3. The minimum absolute atomic E-state index is 0.00110. The first-order chi connectivity index (χ1) is 36.8. The molecule has 5 heteroatoms. The summed E-state index contributed by atoms with van der Waals surface area (Å²) in [5.74, 6) is 0. The van der Waals surface area contributed by atoms with E-state index < -0.39 is 0 Å². The van der Waals surface area contributed by atoms with Gasteiger partial charge < -0.3 is 19.1 Å². The number of rotatable bonds is 4. The van der Waals surface area contributed by atoms with E-state index in [1.54, 1.807) is 0 Å². The van der Waals surface area contributed by atoms with Gasteiger partial charge in [-0.15, -0.1) is 0 Å². The first kappa shape index (κ1) is 47.3. The first-order valence-corrected chi connectivity index (χ1v) is 28.9. The van der Waals surface area contributed by atoms with Crippen LogP contribution in [0.15, 0.2) is 156 Å². The molecule has 0 spiro atoms. The molecular formula is C72H72BN3O. The van der Waals surface area contributed by atoms with Crippen LogP contribution in [-0.4, -0.2) is 12.3 Å². The smallest absolute Gasteiger partial charge is 0.252 e. The second-order valence-corrected chi connectivity index (χ2v) is 27.4. The fourth-order valence-corrected chi connectivity index (χ4v) is 16.9. The molecule has 2 unspecified atom stereocenters. The SMILES string of the molecule is Cc1cc2c3c(c1)N(c1cccc4c1oc1ccccc14)c1cc(N4c5ccccc5C5(C)CCCCC45C)ccc1B3c1cc3c(cc1N2c1cc2c(cc1-c1ccccc1)C(C)(C)CCC2(C)C)C(C)(C)CC3(C)C. The standard InChI is InChI=1S/C72H72BN3O/c1-44-36-62-65-63(37-44)75(59-41-53-51(67(2,3)34-35-68(53,4)5)39-49(59)45-22-13-12-14-23-45)61-42-54-52(69(6,7)43-70(54,8)9)40-56(61)73(65)55-31-30-46(76-57-27-17-16-26-50(57)71(10)32-19-20-33-72(71,76)11)38-60(55)74(62)58-28-21-25-48-47-24-15-18-29-64(47)77-66(48)58/h12-18,21-31,36-42H,19-20,32-35,43H2,1-11H3. The van der Waals surface area contributed by atoms with Crippen LogP contribution in [0, 0.1) is 6.92 Å². The van der Waals surface area contributed by atoms with Crippen molar-refractivity contribution in [2.45, 2.75) is 154 Å². The van der Waals surface area contributed by atoms with Gasteiger partial charge in [0.05, 0.1) is 16.9 Å². The highest BCUT2D eigenvalue weighted by Gasteiger charge is 2.58.